The zero-order valence-corrected chi connectivity index (χ0v) is 12.9. The third-order valence-corrected chi connectivity index (χ3v) is 3.71. The molecule has 0 aliphatic rings. The Balaban J connectivity index is 1.99. The Hall–Kier alpha value is -2.00. The van der Waals surface area contributed by atoms with E-state index in [4.69, 9.17) is 17.3 Å². The van der Waals surface area contributed by atoms with Crippen molar-refractivity contribution in [1.29, 1.82) is 0 Å². The van der Waals surface area contributed by atoms with Crippen molar-refractivity contribution >= 4 is 28.9 Å². The van der Waals surface area contributed by atoms with Crippen LogP contribution in [0.15, 0.2) is 42.5 Å². The van der Waals surface area contributed by atoms with E-state index < -0.39 is 0 Å². The van der Waals surface area contributed by atoms with Gasteiger partial charge in [-0.1, -0.05) is 36.7 Å². The van der Waals surface area contributed by atoms with Gasteiger partial charge in [-0.15, -0.1) is 0 Å². The molecule has 3 N–H and O–H groups in total. The van der Waals surface area contributed by atoms with E-state index in [1.165, 1.54) is 0 Å². The fourth-order valence-corrected chi connectivity index (χ4v) is 2.43. The molecule has 0 fully saturated rings. The van der Waals surface area contributed by atoms with E-state index in [0.29, 0.717) is 17.1 Å². The SMILES string of the molecule is Cc1ccc(NC(=O)CC(C)c2ccc(N)cc2)c(Cl)c1. The number of nitrogens with one attached hydrogen (secondary N) is 1. The van der Waals surface area contributed by atoms with E-state index in [1.54, 1.807) is 0 Å². The molecule has 21 heavy (non-hydrogen) atoms. The second kappa shape index (κ2) is 6.64. The lowest BCUT2D eigenvalue weighted by molar-refractivity contribution is -0.116. The molecule has 2 rings (SSSR count). The molecule has 3 nitrogen and oxygen atoms in total. The molecule has 4 heteroatoms. The number of hydrogen-bond donors (Lipinski definition) is 2. The predicted octanol–water partition coefficient (Wildman–Crippen LogP) is 4.36. The van der Waals surface area contributed by atoms with Gasteiger partial charge >= 0.3 is 0 Å². The average Bonchev–Trinajstić information content (AvgIpc) is 2.42. The topological polar surface area (TPSA) is 55.1 Å². The minimum atomic E-state index is -0.0509. The Morgan fingerprint density at radius 3 is 2.52 bits per heavy atom. The molecule has 0 radical (unpaired) electrons. The number of nitrogen functional groups attached to an aromatic ring is 1. The highest BCUT2D eigenvalue weighted by Crippen LogP contribution is 2.25. The largest absolute Gasteiger partial charge is 0.399 e. The summed E-state index contributed by atoms with van der Waals surface area (Å²) >= 11 is 6.12. The van der Waals surface area contributed by atoms with E-state index in [0.717, 1.165) is 16.8 Å². The Bertz CT molecular complexity index is 638. The maximum atomic E-state index is 12.1. The van der Waals surface area contributed by atoms with E-state index >= 15 is 0 Å². The van der Waals surface area contributed by atoms with Crippen molar-refractivity contribution in [3.63, 3.8) is 0 Å². The van der Waals surface area contributed by atoms with Gasteiger partial charge in [-0.3, -0.25) is 4.79 Å². The number of nitrogens with two attached hydrogens (primary N) is 1. The van der Waals surface area contributed by atoms with Crippen LogP contribution in [0.25, 0.3) is 0 Å². The summed E-state index contributed by atoms with van der Waals surface area (Å²) in [5.74, 6) is 0.0694. The second-order valence-electron chi connectivity index (χ2n) is 5.30. The molecule has 0 aliphatic heterocycles. The van der Waals surface area contributed by atoms with Gasteiger partial charge in [-0.25, -0.2) is 0 Å². The summed E-state index contributed by atoms with van der Waals surface area (Å²) in [6.07, 6.45) is 0.397. The summed E-state index contributed by atoms with van der Waals surface area (Å²) in [5.41, 5.74) is 9.19. The highest BCUT2D eigenvalue weighted by Gasteiger charge is 2.12. The summed E-state index contributed by atoms with van der Waals surface area (Å²) in [5, 5.41) is 3.41. The van der Waals surface area contributed by atoms with Gasteiger partial charge in [-0.05, 0) is 48.2 Å². The van der Waals surface area contributed by atoms with Crippen molar-refractivity contribution in [3.05, 3.63) is 58.6 Å². The lowest BCUT2D eigenvalue weighted by atomic mass is 9.97. The molecule has 0 bridgehead atoms. The Morgan fingerprint density at radius 1 is 1.24 bits per heavy atom. The first-order chi connectivity index (χ1) is 9.95. The Kier molecular flexibility index (Phi) is 4.86. The number of amides is 1. The summed E-state index contributed by atoms with van der Waals surface area (Å²) in [4.78, 5) is 12.1. The predicted molar refractivity (Wildman–Crippen MR) is 88.7 cm³/mol. The van der Waals surface area contributed by atoms with Crippen LogP contribution in [0.1, 0.15) is 30.4 Å². The van der Waals surface area contributed by atoms with Gasteiger partial charge in [0, 0.05) is 12.1 Å². The fraction of sp³-hybridized carbons (Fsp3) is 0.235. The third kappa shape index (κ3) is 4.23. The number of halogens is 1. The molecule has 2 aromatic rings. The van der Waals surface area contributed by atoms with Crippen LogP contribution in [0, 0.1) is 6.92 Å². The van der Waals surface area contributed by atoms with Crippen LogP contribution in [-0.2, 0) is 4.79 Å². The Labute approximate surface area is 130 Å². The zero-order valence-electron chi connectivity index (χ0n) is 12.2. The van der Waals surface area contributed by atoms with E-state index in [-0.39, 0.29) is 11.8 Å². The number of hydrogen-bond acceptors (Lipinski definition) is 2. The number of aryl methyl sites for hydroxylation is 1. The quantitative estimate of drug-likeness (QED) is 0.824. The normalized spacial score (nSPS) is 12.0. The minimum absolute atomic E-state index is 0.0509. The highest BCUT2D eigenvalue weighted by atomic mass is 35.5. The summed E-state index contributed by atoms with van der Waals surface area (Å²) in [6, 6.07) is 13.2. The third-order valence-electron chi connectivity index (χ3n) is 3.40. The molecule has 0 heterocycles. The van der Waals surface area contributed by atoms with Gasteiger partial charge < -0.3 is 11.1 Å². The fourth-order valence-electron chi connectivity index (χ4n) is 2.14. The van der Waals surface area contributed by atoms with Gasteiger partial charge in [0.25, 0.3) is 0 Å². The number of carbonyl (C=O) groups excluding carboxylic acids is 1. The number of carbonyl (C=O) groups is 1. The first-order valence-corrected chi connectivity index (χ1v) is 7.25. The molecule has 1 atom stereocenters. The molecule has 2 aromatic carbocycles. The monoisotopic (exact) mass is 302 g/mol. The van der Waals surface area contributed by atoms with Crippen LogP contribution in [0.2, 0.25) is 5.02 Å². The number of rotatable bonds is 4. The van der Waals surface area contributed by atoms with Crippen molar-refractivity contribution in [3.8, 4) is 0 Å². The molecule has 1 amide bonds. The van der Waals surface area contributed by atoms with Gasteiger partial charge in [-0.2, -0.15) is 0 Å². The van der Waals surface area contributed by atoms with Crippen LogP contribution in [0.5, 0.6) is 0 Å². The summed E-state index contributed by atoms with van der Waals surface area (Å²) < 4.78 is 0. The molecule has 110 valence electrons. The minimum Gasteiger partial charge on any atom is -0.399 e. The van der Waals surface area contributed by atoms with Crippen molar-refractivity contribution in [2.45, 2.75) is 26.2 Å². The van der Waals surface area contributed by atoms with Gasteiger partial charge in [0.2, 0.25) is 5.91 Å². The smallest absolute Gasteiger partial charge is 0.225 e. The van der Waals surface area contributed by atoms with Gasteiger partial charge in [0.05, 0.1) is 10.7 Å². The molecule has 0 saturated carbocycles. The first kappa shape index (κ1) is 15.4. The maximum Gasteiger partial charge on any atom is 0.225 e. The lowest BCUT2D eigenvalue weighted by Crippen LogP contribution is -2.14. The van der Waals surface area contributed by atoms with Crippen molar-refractivity contribution in [2.24, 2.45) is 0 Å². The molecule has 1 unspecified atom stereocenters. The molecule has 0 spiro atoms. The first-order valence-electron chi connectivity index (χ1n) is 6.87. The number of benzene rings is 2. The van der Waals surface area contributed by atoms with Crippen LogP contribution >= 0.6 is 11.6 Å². The zero-order chi connectivity index (χ0) is 15.4. The number of anilines is 2. The lowest BCUT2D eigenvalue weighted by Gasteiger charge is -2.13. The van der Waals surface area contributed by atoms with Crippen molar-refractivity contribution < 1.29 is 4.79 Å². The second-order valence-corrected chi connectivity index (χ2v) is 5.71. The van der Waals surface area contributed by atoms with Crippen LogP contribution in [0.4, 0.5) is 11.4 Å². The standard InChI is InChI=1S/C17H19ClN2O/c1-11-3-8-16(15(18)9-11)20-17(21)10-12(2)13-4-6-14(19)7-5-13/h3-9,12H,10,19H2,1-2H3,(H,20,21). The molecule has 0 aromatic heterocycles. The van der Waals surface area contributed by atoms with Crippen LogP contribution in [-0.4, -0.2) is 5.91 Å². The molecule has 0 saturated heterocycles. The summed E-state index contributed by atoms with van der Waals surface area (Å²) in [6.45, 7) is 3.97. The van der Waals surface area contributed by atoms with Crippen LogP contribution in [0.3, 0.4) is 0 Å². The average molecular weight is 303 g/mol. The van der Waals surface area contributed by atoms with Crippen LogP contribution < -0.4 is 11.1 Å². The van der Waals surface area contributed by atoms with E-state index in [9.17, 15) is 4.79 Å². The molecular weight excluding hydrogens is 284 g/mol. The van der Waals surface area contributed by atoms with Crippen molar-refractivity contribution in [2.75, 3.05) is 11.1 Å². The Morgan fingerprint density at radius 2 is 1.90 bits per heavy atom. The molecular formula is C17H19ClN2O. The van der Waals surface area contributed by atoms with Gasteiger partial charge in [0.1, 0.15) is 0 Å². The maximum absolute atomic E-state index is 12.1. The summed E-state index contributed by atoms with van der Waals surface area (Å²) in [7, 11) is 0. The highest BCUT2D eigenvalue weighted by molar-refractivity contribution is 6.33. The van der Waals surface area contributed by atoms with E-state index in [2.05, 4.69) is 5.32 Å². The van der Waals surface area contributed by atoms with Gasteiger partial charge in [0.15, 0.2) is 0 Å². The van der Waals surface area contributed by atoms with Crippen molar-refractivity contribution in [1.82, 2.24) is 0 Å². The van der Waals surface area contributed by atoms with E-state index in [1.807, 2.05) is 56.3 Å². The molecule has 0 aliphatic carbocycles.